The van der Waals surface area contributed by atoms with Crippen molar-refractivity contribution < 1.29 is 9.18 Å². The zero-order valence-electron chi connectivity index (χ0n) is 10.8. The van der Waals surface area contributed by atoms with Crippen molar-refractivity contribution in [3.05, 3.63) is 47.5 Å². The predicted molar refractivity (Wildman–Crippen MR) is 72.5 cm³/mol. The van der Waals surface area contributed by atoms with Crippen molar-refractivity contribution in [1.29, 1.82) is 0 Å². The molecule has 0 saturated heterocycles. The molecular formula is C14H15FN4O. The summed E-state index contributed by atoms with van der Waals surface area (Å²) in [6, 6.07) is 5.04. The van der Waals surface area contributed by atoms with Crippen LogP contribution in [-0.4, -0.2) is 15.7 Å². The third-order valence-corrected chi connectivity index (χ3v) is 3.47. The summed E-state index contributed by atoms with van der Waals surface area (Å²) in [5.74, 6) is -0.625. The molecule has 0 spiro atoms. The maximum atomic E-state index is 13.2. The van der Waals surface area contributed by atoms with Crippen molar-refractivity contribution in [2.75, 3.05) is 5.32 Å². The van der Waals surface area contributed by atoms with Crippen molar-refractivity contribution in [2.45, 2.75) is 25.4 Å². The smallest absolute Gasteiger partial charge is 0.239 e. The Morgan fingerprint density at radius 3 is 3.20 bits per heavy atom. The second-order valence-electron chi connectivity index (χ2n) is 4.97. The summed E-state index contributed by atoms with van der Waals surface area (Å²) in [7, 11) is 0. The van der Waals surface area contributed by atoms with E-state index in [0.29, 0.717) is 0 Å². The Labute approximate surface area is 115 Å². The molecule has 1 amide bonds. The molecule has 0 bridgehead atoms. The van der Waals surface area contributed by atoms with Gasteiger partial charge in [0.25, 0.3) is 0 Å². The van der Waals surface area contributed by atoms with Crippen molar-refractivity contribution >= 4 is 11.6 Å². The number of nitrogens with one attached hydrogen (secondary N) is 1. The molecule has 0 aliphatic heterocycles. The first-order valence-corrected chi connectivity index (χ1v) is 6.47. The first-order chi connectivity index (χ1) is 9.61. The second kappa shape index (κ2) is 4.96. The number of hydrogen-bond acceptors (Lipinski definition) is 3. The number of hydrogen-bond donors (Lipinski definition) is 2. The fraction of sp³-hybridized carbons (Fsp3) is 0.286. The fourth-order valence-corrected chi connectivity index (χ4v) is 2.62. The van der Waals surface area contributed by atoms with Crippen LogP contribution in [0.3, 0.4) is 0 Å². The van der Waals surface area contributed by atoms with E-state index in [2.05, 4.69) is 10.4 Å². The third-order valence-electron chi connectivity index (χ3n) is 3.47. The Balaban J connectivity index is 1.74. The van der Waals surface area contributed by atoms with Gasteiger partial charge in [-0.25, -0.2) is 4.39 Å². The quantitative estimate of drug-likeness (QED) is 0.889. The molecule has 1 unspecified atom stereocenters. The summed E-state index contributed by atoms with van der Waals surface area (Å²) in [4.78, 5) is 10.8. The van der Waals surface area contributed by atoms with E-state index < -0.39 is 5.91 Å². The van der Waals surface area contributed by atoms with Gasteiger partial charge in [0, 0.05) is 6.20 Å². The lowest BCUT2D eigenvalue weighted by molar-refractivity contribution is -0.118. The number of rotatable bonds is 4. The molecule has 3 rings (SSSR count). The van der Waals surface area contributed by atoms with Gasteiger partial charge in [0.15, 0.2) is 0 Å². The average Bonchev–Trinajstić information content (AvgIpc) is 2.97. The lowest BCUT2D eigenvalue weighted by Crippen LogP contribution is -2.18. The van der Waals surface area contributed by atoms with Crippen LogP contribution in [0, 0.1) is 5.82 Å². The standard InChI is InChI=1S/C14H15FN4O/c15-10-2-3-12-9(5-10)1-4-13(12)18-11-6-17-19(7-11)8-14(16)20/h2-3,5-7,13,18H,1,4,8H2,(H2,16,20). The molecule has 3 N–H and O–H groups in total. The molecule has 6 heteroatoms. The molecule has 0 fully saturated rings. The van der Waals surface area contributed by atoms with Crippen molar-refractivity contribution in [2.24, 2.45) is 5.73 Å². The first kappa shape index (κ1) is 12.7. The number of amides is 1. The summed E-state index contributed by atoms with van der Waals surface area (Å²) in [5, 5.41) is 7.41. The van der Waals surface area contributed by atoms with E-state index in [4.69, 9.17) is 5.73 Å². The Bertz CT molecular complexity index is 652. The van der Waals surface area contributed by atoms with E-state index in [0.717, 1.165) is 29.7 Å². The van der Waals surface area contributed by atoms with Crippen LogP contribution in [0.4, 0.5) is 10.1 Å². The van der Waals surface area contributed by atoms with Crippen LogP contribution in [0.5, 0.6) is 0 Å². The van der Waals surface area contributed by atoms with Crippen LogP contribution >= 0.6 is 0 Å². The highest BCUT2D eigenvalue weighted by atomic mass is 19.1. The van der Waals surface area contributed by atoms with Gasteiger partial charge in [-0.2, -0.15) is 5.10 Å². The molecule has 1 heterocycles. The van der Waals surface area contributed by atoms with Crippen molar-refractivity contribution in [1.82, 2.24) is 9.78 Å². The van der Waals surface area contributed by atoms with Crippen LogP contribution < -0.4 is 11.1 Å². The number of carbonyl (C=O) groups excluding carboxylic acids is 1. The molecule has 1 aliphatic carbocycles. The number of anilines is 1. The molecule has 1 atom stereocenters. The van der Waals surface area contributed by atoms with Crippen LogP contribution in [0.25, 0.3) is 0 Å². The zero-order chi connectivity index (χ0) is 14.1. The molecule has 1 aromatic heterocycles. The number of primary amides is 1. The Morgan fingerprint density at radius 1 is 1.55 bits per heavy atom. The predicted octanol–water partition coefficient (Wildman–Crippen LogP) is 1.61. The number of fused-ring (bicyclic) bond motifs is 1. The van der Waals surface area contributed by atoms with Gasteiger partial charge in [-0.05, 0) is 36.1 Å². The third kappa shape index (κ3) is 2.49. The molecule has 0 radical (unpaired) electrons. The second-order valence-corrected chi connectivity index (χ2v) is 4.97. The Morgan fingerprint density at radius 2 is 2.40 bits per heavy atom. The van der Waals surface area contributed by atoms with Crippen LogP contribution in [-0.2, 0) is 17.8 Å². The van der Waals surface area contributed by atoms with E-state index in [1.807, 2.05) is 6.07 Å². The maximum Gasteiger partial charge on any atom is 0.239 e. The monoisotopic (exact) mass is 274 g/mol. The highest BCUT2D eigenvalue weighted by Gasteiger charge is 2.22. The summed E-state index contributed by atoms with van der Waals surface area (Å²) >= 11 is 0. The van der Waals surface area contributed by atoms with E-state index in [9.17, 15) is 9.18 Å². The van der Waals surface area contributed by atoms with E-state index in [1.54, 1.807) is 18.5 Å². The number of nitrogens with zero attached hydrogens (tertiary/aromatic N) is 2. The number of benzene rings is 1. The molecule has 5 nitrogen and oxygen atoms in total. The first-order valence-electron chi connectivity index (χ1n) is 6.47. The summed E-state index contributed by atoms with van der Waals surface area (Å²) in [5.41, 5.74) is 8.11. The molecule has 20 heavy (non-hydrogen) atoms. The van der Waals surface area contributed by atoms with Gasteiger partial charge in [-0.1, -0.05) is 6.07 Å². The minimum absolute atomic E-state index is 0.0636. The molecule has 1 aromatic carbocycles. The molecule has 0 saturated carbocycles. The Kier molecular flexibility index (Phi) is 3.14. The number of nitrogens with two attached hydrogens (primary N) is 1. The van der Waals surface area contributed by atoms with E-state index in [1.165, 1.54) is 10.7 Å². The molecular weight excluding hydrogens is 259 g/mol. The molecule has 2 aromatic rings. The van der Waals surface area contributed by atoms with Crippen molar-refractivity contribution in [3.63, 3.8) is 0 Å². The van der Waals surface area contributed by atoms with Gasteiger partial charge in [-0.15, -0.1) is 0 Å². The number of aryl methyl sites for hydroxylation is 1. The maximum absolute atomic E-state index is 13.2. The summed E-state index contributed by atoms with van der Waals surface area (Å²) in [6.45, 7) is 0.0636. The molecule has 1 aliphatic rings. The largest absolute Gasteiger partial charge is 0.376 e. The van der Waals surface area contributed by atoms with Gasteiger partial charge in [0.1, 0.15) is 12.4 Å². The summed E-state index contributed by atoms with van der Waals surface area (Å²) < 4.78 is 14.7. The van der Waals surface area contributed by atoms with Gasteiger partial charge < -0.3 is 11.1 Å². The topological polar surface area (TPSA) is 72.9 Å². The van der Waals surface area contributed by atoms with Gasteiger partial charge in [-0.3, -0.25) is 9.48 Å². The highest BCUT2D eigenvalue weighted by molar-refractivity contribution is 5.73. The number of aromatic nitrogens is 2. The summed E-state index contributed by atoms with van der Waals surface area (Å²) in [6.07, 6.45) is 5.18. The van der Waals surface area contributed by atoms with Crippen LogP contribution in [0.1, 0.15) is 23.6 Å². The SMILES string of the molecule is NC(=O)Cn1cc(NC2CCc3cc(F)ccc32)cn1. The van der Waals surface area contributed by atoms with E-state index in [-0.39, 0.29) is 18.4 Å². The van der Waals surface area contributed by atoms with Crippen LogP contribution in [0.15, 0.2) is 30.6 Å². The fourth-order valence-electron chi connectivity index (χ4n) is 2.62. The van der Waals surface area contributed by atoms with Gasteiger partial charge in [0.05, 0.1) is 17.9 Å². The van der Waals surface area contributed by atoms with Crippen LogP contribution in [0.2, 0.25) is 0 Å². The zero-order valence-corrected chi connectivity index (χ0v) is 10.8. The number of halogens is 1. The highest BCUT2D eigenvalue weighted by Crippen LogP contribution is 2.34. The minimum Gasteiger partial charge on any atom is -0.376 e. The average molecular weight is 274 g/mol. The number of carbonyl (C=O) groups is 1. The van der Waals surface area contributed by atoms with Gasteiger partial charge >= 0.3 is 0 Å². The van der Waals surface area contributed by atoms with Crippen molar-refractivity contribution in [3.8, 4) is 0 Å². The van der Waals surface area contributed by atoms with E-state index >= 15 is 0 Å². The van der Waals surface area contributed by atoms with Gasteiger partial charge in [0.2, 0.25) is 5.91 Å². The Hall–Kier alpha value is -2.37. The normalized spacial score (nSPS) is 16.9. The minimum atomic E-state index is -0.429. The lowest BCUT2D eigenvalue weighted by atomic mass is 10.1. The molecule has 104 valence electrons. The lowest BCUT2D eigenvalue weighted by Gasteiger charge is -2.13.